The summed E-state index contributed by atoms with van der Waals surface area (Å²) in [7, 11) is 1.46. The van der Waals surface area contributed by atoms with Crippen molar-refractivity contribution in [2.45, 2.75) is 16.2 Å². The Balaban J connectivity index is 2.07. The molecule has 1 aliphatic carbocycles. The molecule has 0 aliphatic heterocycles. The lowest BCUT2D eigenvalue weighted by molar-refractivity contribution is 0.369. The van der Waals surface area contributed by atoms with Crippen molar-refractivity contribution >= 4 is 23.2 Å². The molecule has 2 aromatic rings. The van der Waals surface area contributed by atoms with Gasteiger partial charge >= 0.3 is 0 Å². The molecule has 8 heteroatoms. The molecule has 1 saturated carbocycles. The van der Waals surface area contributed by atoms with Crippen LogP contribution in [0.2, 0.25) is 0 Å². The standard InChI is InChI=1S/C16H9Cl2F5O/c1-24-7-4-2-6(3-5-7)9-10(16(9,17)18)8-11(19)13(21)15(23)14(22)12(8)20/h2-5,9-10H,1H3/t9-,10-/m0/s1. The SMILES string of the molecule is COc1ccc([C@H]2[C@H](c3c(F)c(F)c(F)c(F)c3F)C2(Cl)Cl)cc1. The van der Waals surface area contributed by atoms with Crippen LogP contribution in [0.1, 0.15) is 23.0 Å². The molecule has 0 aromatic heterocycles. The highest BCUT2D eigenvalue weighted by molar-refractivity contribution is 6.52. The van der Waals surface area contributed by atoms with Crippen LogP contribution >= 0.6 is 23.2 Å². The highest BCUT2D eigenvalue weighted by atomic mass is 35.5. The molecule has 128 valence electrons. The first-order valence-corrected chi connectivity index (χ1v) is 7.50. The average molecular weight is 383 g/mol. The lowest BCUT2D eigenvalue weighted by Gasteiger charge is -2.08. The predicted molar refractivity (Wildman–Crippen MR) is 79.1 cm³/mol. The van der Waals surface area contributed by atoms with Gasteiger partial charge in [0.2, 0.25) is 5.82 Å². The second-order valence-corrected chi connectivity index (χ2v) is 6.83. The molecule has 1 nitrogen and oxygen atoms in total. The van der Waals surface area contributed by atoms with Gasteiger partial charge in [0.15, 0.2) is 23.3 Å². The molecule has 0 N–H and O–H groups in total. The number of hydrogen-bond acceptors (Lipinski definition) is 1. The Morgan fingerprint density at radius 2 is 1.25 bits per heavy atom. The predicted octanol–water partition coefficient (Wildman–Crippen LogP) is 5.45. The van der Waals surface area contributed by atoms with Crippen molar-refractivity contribution < 1.29 is 26.7 Å². The van der Waals surface area contributed by atoms with E-state index in [-0.39, 0.29) is 0 Å². The van der Waals surface area contributed by atoms with Crippen LogP contribution in [0.3, 0.4) is 0 Å². The van der Waals surface area contributed by atoms with Crippen LogP contribution in [0, 0.1) is 29.1 Å². The molecule has 0 heterocycles. The zero-order valence-corrected chi connectivity index (χ0v) is 13.5. The van der Waals surface area contributed by atoms with Crippen LogP contribution in [-0.2, 0) is 0 Å². The van der Waals surface area contributed by atoms with E-state index >= 15 is 0 Å². The highest BCUT2D eigenvalue weighted by Gasteiger charge is 2.66. The molecular formula is C16H9Cl2F5O. The monoisotopic (exact) mass is 382 g/mol. The summed E-state index contributed by atoms with van der Waals surface area (Å²) in [6.07, 6.45) is 0. The Morgan fingerprint density at radius 3 is 1.71 bits per heavy atom. The van der Waals surface area contributed by atoms with E-state index in [1.165, 1.54) is 7.11 Å². The fourth-order valence-electron chi connectivity index (χ4n) is 2.81. The van der Waals surface area contributed by atoms with Gasteiger partial charge < -0.3 is 4.74 Å². The smallest absolute Gasteiger partial charge is 0.200 e. The molecule has 0 radical (unpaired) electrons. The number of halogens is 7. The first kappa shape index (κ1) is 17.3. The van der Waals surface area contributed by atoms with Crippen molar-refractivity contribution in [2.75, 3.05) is 7.11 Å². The Labute approximate surface area is 143 Å². The summed E-state index contributed by atoms with van der Waals surface area (Å²) < 4.78 is 71.3. The number of hydrogen-bond donors (Lipinski definition) is 0. The zero-order valence-electron chi connectivity index (χ0n) is 12.0. The molecule has 3 rings (SSSR count). The van der Waals surface area contributed by atoms with Gasteiger partial charge in [-0.2, -0.15) is 0 Å². The Hall–Kier alpha value is -1.53. The summed E-state index contributed by atoms with van der Waals surface area (Å²) in [4.78, 5) is 0. The molecular weight excluding hydrogens is 374 g/mol. The van der Waals surface area contributed by atoms with Crippen LogP contribution in [0.5, 0.6) is 5.75 Å². The summed E-state index contributed by atoms with van der Waals surface area (Å²) in [5.41, 5.74) is -0.507. The van der Waals surface area contributed by atoms with Crippen LogP contribution in [0.15, 0.2) is 24.3 Å². The summed E-state index contributed by atoms with van der Waals surface area (Å²) in [5.74, 6) is -11.6. The van der Waals surface area contributed by atoms with Gasteiger partial charge in [0.25, 0.3) is 0 Å². The average Bonchev–Trinajstić information content (AvgIpc) is 3.13. The third-order valence-corrected chi connectivity index (χ3v) is 5.02. The van der Waals surface area contributed by atoms with Crippen LogP contribution < -0.4 is 4.74 Å². The maximum absolute atomic E-state index is 14.0. The molecule has 2 atom stereocenters. The van der Waals surface area contributed by atoms with E-state index in [9.17, 15) is 22.0 Å². The second-order valence-electron chi connectivity index (χ2n) is 5.39. The number of methoxy groups -OCH3 is 1. The van der Waals surface area contributed by atoms with Crippen molar-refractivity contribution in [3.05, 3.63) is 64.5 Å². The lowest BCUT2D eigenvalue weighted by Crippen LogP contribution is -2.08. The van der Waals surface area contributed by atoms with E-state index in [2.05, 4.69) is 0 Å². The van der Waals surface area contributed by atoms with Crippen LogP contribution in [-0.4, -0.2) is 11.4 Å². The van der Waals surface area contributed by atoms with Gasteiger partial charge in [-0.05, 0) is 17.7 Å². The van der Waals surface area contributed by atoms with Gasteiger partial charge in [-0.1, -0.05) is 12.1 Å². The molecule has 0 unspecified atom stereocenters. The minimum Gasteiger partial charge on any atom is -0.497 e. The molecule has 0 spiro atoms. The van der Waals surface area contributed by atoms with E-state index in [1.807, 2.05) is 0 Å². The highest BCUT2D eigenvalue weighted by Crippen LogP contribution is 2.70. The van der Waals surface area contributed by atoms with Crippen molar-refractivity contribution in [3.63, 3.8) is 0 Å². The largest absolute Gasteiger partial charge is 0.497 e. The molecule has 0 bridgehead atoms. The molecule has 1 aliphatic rings. The molecule has 0 amide bonds. The first-order chi connectivity index (χ1) is 11.2. The van der Waals surface area contributed by atoms with Crippen LogP contribution in [0.4, 0.5) is 22.0 Å². The lowest BCUT2D eigenvalue weighted by atomic mass is 10.0. The minimum absolute atomic E-state index is 0.495. The van der Waals surface area contributed by atoms with Crippen molar-refractivity contribution in [2.24, 2.45) is 0 Å². The van der Waals surface area contributed by atoms with Crippen molar-refractivity contribution in [1.29, 1.82) is 0 Å². The topological polar surface area (TPSA) is 9.23 Å². The number of rotatable bonds is 3. The van der Waals surface area contributed by atoms with E-state index in [0.717, 1.165) is 0 Å². The summed E-state index contributed by atoms with van der Waals surface area (Å²) in [6.45, 7) is 0. The number of alkyl halides is 2. The number of ether oxygens (including phenoxy) is 1. The third-order valence-electron chi connectivity index (χ3n) is 4.08. The van der Waals surface area contributed by atoms with Crippen LogP contribution in [0.25, 0.3) is 0 Å². The molecule has 0 saturated heterocycles. The van der Waals surface area contributed by atoms with Gasteiger partial charge in [0.1, 0.15) is 10.1 Å². The fourth-order valence-corrected chi connectivity index (χ4v) is 3.65. The van der Waals surface area contributed by atoms with Crippen molar-refractivity contribution in [1.82, 2.24) is 0 Å². The Kier molecular flexibility index (Phi) is 4.16. The normalized spacial score (nSPS) is 21.7. The van der Waals surface area contributed by atoms with E-state index in [0.29, 0.717) is 11.3 Å². The van der Waals surface area contributed by atoms with Gasteiger partial charge in [-0.25, -0.2) is 22.0 Å². The van der Waals surface area contributed by atoms with E-state index in [1.54, 1.807) is 24.3 Å². The Morgan fingerprint density at radius 1 is 0.792 bits per heavy atom. The third kappa shape index (κ3) is 2.43. The fraction of sp³-hybridized carbons (Fsp3) is 0.250. The van der Waals surface area contributed by atoms with Crippen molar-refractivity contribution in [3.8, 4) is 5.75 Å². The van der Waals surface area contributed by atoms with Gasteiger partial charge in [-0.3, -0.25) is 0 Å². The summed E-state index contributed by atoms with van der Waals surface area (Å²) in [6, 6.07) is 6.28. The molecule has 24 heavy (non-hydrogen) atoms. The van der Waals surface area contributed by atoms with Gasteiger partial charge in [0, 0.05) is 17.4 Å². The summed E-state index contributed by atoms with van der Waals surface area (Å²) in [5, 5.41) is 0. The first-order valence-electron chi connectivity index (χ1n) is 6.74. The summed E-state index contributed by atoms with van der Waals surface area (Å²) >= 11 is 12.1. The van der Waals surface area contributed by atoms with Gasteiger partial charge in [0.05, 0.1) is 7.11 Å². The van der Waals surface area contributed by atoms with Gasteiger partial charge in [-0.15, -0.1) is 23.2 Å². The Bertz CT molecular complexity index is 778. The quantitative estimate of drug-likeness (QED) is 0.297. The second kappa shape index (κ2) is 5.77. The minimum atomic E-state index is -2.22. The maximum atomic E-state index is 14.0. The molecule has 2 aromatic carbocycles. The zero-order chi connectivity index (χ0) is 17.8. The van der Waals surface area contributed by atoms with E-state index < -0.39 is 50.8 Å². The molecule has 1 fully saturated rings. The maximum Gasteiger partial charge on any atom is 0.200 e. The number of benzene rings is 2. The van der Waals surface area contributed by atoms with E-state index in [4.69, 9.17) is 27.9 Å².